The van der Waals surface area contributed by atoms with Crippen LogP contribution in [0.3, 0.4) is 0 Å². The van der Waals surface area contributed by atoms with Gasteiger partial charge in [0.05, 0.1) is 12.8 Å². The second-order valence-corrected chi connectivity index (χ2v) is 5.88. The Labute approximate surface area is 155 Å². The first kappa shape index (κ1) is 17.7. The van der Waals surface area contributed by atoms with E-state index in [9.17, 15) is 4.79 Å². The molecule has 2 aromatic carbocycles. The molecule has 0 atom stereocenters. The van der Waals surface area contributed by atoms with E-state index in [1.165, 1.54) is 0 Å². The van der Waals surface area contributed by atoms with Crippen LogP contribution in [0.4, 0.5) is 11.6 Å². The van der Waals surface area contributed by atoms with Crippen LogP contribution in [0.25, 0.3) is 0 Å². The maximum absolute atomic E-state index is 12.6. The first-order valence-corrected chi connectivity index (χ1v) is 8.16. The number of hydrogen-bond donors (Lipinski definition) is 1. The van der Waals surface area contributed by atoms with Crippen molar-refractivity contribution in [2.45, 2.75) is 6.92 Å². The fourth-order valence-corrected chi connectivity index (χ4v) is 2.38. The first-order valence-electron chi connectivity index (χ1n) is 7.78. The number of benzene rings is 2. The second kappa shape index (κ2) is 7.84. The quantitative estimate of drug-likeness (QED) is 0.664. The second-order valence-electron chi connectivity index (χ2n) is 5.44. The molecule has 0 fully saturated rings. The van der Waals surface area contributed by atoms with E-state index in [1.807, 2.05) is 24.3 Å². The number of nitrogens with zero attached hydrogens (tertiary/aromatic N) is 2. The number of aromatic nitrogens is 1. The number of aliphatic imine (C=N–C) groups is 1. The number of anilines is 1. The molecule has 0 aliphatic heterocycles. The molecule has 7 heteroatoms. The summed E-state index contributed by atoms with van der Waals surface area (Å²) in [5, 5.41) is 7.21. The number of carbonyl (C=O) groups excluding carboxylic acids is 1. The number of methoxy groups -OCH3 is 1. The lowest BCUT2D eigenvalue weighted by Crippen LogP contribution is -2.12. The minimum absolute atomic E-state index is 0.143. The number of ether oxygens (including phenoxy) is 1. The topological polar surface area (TPSA) is 76.7 Å². The summed E-state index contributed by atoms with van der Waals surface area (Å²) >= 11 is 5.85. The molecular formula is C19H16ClN3O3. The van der Waals surface area contributed by atoms with E-state index in [2.05, 4.69) is 15.5 Å². The van der Waals surface area contributed by atoms with Crippen LogP contribution in [-0.4, -0.2) is 24.4 Å². The van der Waals surface area contributed by atoms with Crippen LogP contribution >= 0.6 is 11.6 Å². The highest BCUT2D eigenvalue weighted by atomic mass is 35.5. The van der Waals surface area contributed by atoms with Crippen LogP contribution < -0.4 is 10.1 Å². The number of hydrogen-bond acceptors (Lipinski definition) is 5. The highest BCUT2D eigenvalue weighted by Crippen LogP contribution is 2.24. The van der Waals surface area contributed by atoms with Gasteiger partial charge in [0.15, 0.2) is 0 Å². The van der Waals surface area contributed by atoms with Gasteiger partial charge in [0, 0.05) is 16.9 Å². The predicted molar refractivity (Wildman–Crippen MR) is 101 cm³/mol. The monoisotopic (exact) mass is 369 g/mol. The number of amides is 1. The number of aryl methyl sites for hydroxylation is 1. The van der Waals surface area contributed by atoms with E-state index < -0.39 is 0 Å². The van der Waals surface area contributed by atoms with Gasteiger partial charge in [-0.25, -0.2) is 4.99 Å². The molecule has 3 rings (SSSR count). The lowest BCUT2D eigenvalue weighted by Gasteiger charge is -2.04. The van der Waals surface area contributed by atoms with Gasteiger partial charge in [-0.15, -0.1) is 0 Å². The summed E-state index contributed by atoms with van der Waals surface area (Å²) < 4.78 is 10.3. The Kier molecular flexibility index (Phi) is 5.34. The van der Waals surface area contributed by atoms with Gasteiger partial charge in [-0.05, 0) is 61.0 Å². The summed E-state index contributed by atoms with van der Waals surface area (Å²) in [7, 11) is 1.60. The Hall–Kier alpha value is -3.12. The lowest BCUT2D eigenvalue weighted by molar-refractivity contribution is 0.102. The number of nitrogens with one attached hydrogen (secondary N) is 1. The van der Waals surface area contributed by atoms with E-state index >= 15 is 0 Å². The van der Waals surface area contributed by atoms with Crippen molar-refractivity contribution in [1.29, 1.82) is 0 Å². The Balaban J connectivity index is 1.80. The number of carbonyl (C=O) groups is 1. The lowest BCUT2D eigenvalue weighted by atomic mass is 10.2. The summed E-state index contributed by atoms with van der Waals surface area (Å²) in [4.78, 5) is 16.8. The van der Waals surface area contributed by atoms with E-state index in [0.717, 1.165) is 11.3 Å². The molecule has 26 heavy (non-hydrogen) atoms. The van der Waals surface area contributed by atoms with Crippen LogP contribution in [0.5, 0.6) is 5.75 Å². The molecular weight excluding hydrogens is 354 g/mol. The highest BCUT2D eigenvalue weighted by Gasteiger charge is 2.20. The standard InChI is InChI=1S/C19H16ClN3O3/c1-12-17(18(24)22-15-7-5-14(20)6-8-15)19(26-23-12)21-11-13-3-9-16(25-2)10-4-13/h3-11H,1-2H3,(H,22,24)/b21-11+. The zero-order valence-electron chi connectivity index (χ0n) is 14.2. The molecule has 6 nitrogen and oxygen atoms in total. The van der Waals surface area contributed by atoms with Crippen molar-refractivity contribution in [3.63, 3.8) is 0 Å². The van der Waals surface area contributed by atoms with Crippen molar-refractivity contribution >= 4 is 35.3 Å². The third-order valence-electron chi connectivity index (χ3n) is 3.62. The van der Waals surface area contributed by atoms with Gasteiger partial charge in [0.1, 0.15) is 11.3 Å². The van der Waals surface area contributed by atoms with Crippen molar-refractivity contribution in [2.24, 2.45) is 4.99 Å². The summed E-state index contributed by atoms with van der Waals surface area (Å²) in [6.45, 7) is 1.69. The summed E-state index contributed by atoms with van der Waals surface area (Å²) in [6.07, 6.45) is 1.60. The Morgan fingerprint density at radius 3 is 2.54 bits per heavy atom. The van der Waals surface area contributed by atoms with Crippen LogP contribution in [-0.2, 0) is 0 Å². The van der Waals surface area contributed by atoms with Gasteiger partial charge < -0.3 is 14.6 Å². The summed E-state index contributed by atoms with van der Waals surface area (Å²) in [6, 6.07) is 14.1. The SMILES string of the molecule is COc1ccc(/C=N/c2onc(C)c2C(=O)Nc2ccc(Cl)cc2)cc1. The normalized spacial score (nSPS) is 10.9. The number of halogens is 1. The molecule has 1 heterocycles. The Bertz CT molecular complexity index is 932. The van der Waals surface area contributed by atoms with Gasteiger partial charge in [-0.2, -0.15) is 0 Å². The Morgan fingerprint density at radius 2 is 1.88 bits per heavy atom. The molecule has 0 aliphatic rings. The van der Waals surface area contributed by atoms with Gasteiger partial charge in [-0.3, -0.25) is 4.79 Å². The van der Waals surface area contributed by atoms with Gasteiger partial charge in [0.2, 0.25) is 0 Å². The van der Waals surface area contributed by atoms with Gasteiger partial charge in [-0.1, -0.05) is 16.8 Å². The third kappa shape index (κ3) is 4.10. The largest absolute Gasteiger partial charge is 0.497 e. The van der Waals surface area contributed by atoms with Crippen LogP contribution in [0.2, 0.25) is 5.02 Å². The van der Waals surface area contributed by atoms with Gasteiger partial charge in [0.25, 0.3) is 11.8 Å². The van der Waals surface area contributed by atoms with Crippen molar-refractivity contribution in [2.75, 3.05) is 12.4 Å². The van der Waals surface area contributed by atoms with E-state index in [1.54, 1.807) is 44.5 Å². The minimum Gasteiger partial charge on any atom is -0.497 e. The molecule has 1 aromatic heterocycles. The van der Waals surface area contributed by atoms with Crippen molar-refractivity contribution < 1.29 is 14.1 Å². The molecule has 0 spiro atoms. The molecule has 0 saturated carbocycles. The fraction of sp³-hybridized carbons (Fsp3) is 0.105. The number of rotatable bonds is 5. The smallest absolute Gasteiger partial charge is 0.263 e. The summed E-state index contributed by atoms with van der Waals surface area (Å²) in [5.74, 6) is 0.540. The maximum atomic E-state index is 12.6. The molecule has 0 bridgehead atoms. The molecule has 132 valence electrons. The van der Waals surface area contributed by atoms with E-state index in [4.69, 9.17) is 20.9 Å². The van der Waals surface area contributed by atoms with Crippen molar-refractivity contribution in [1.82, 2.24) is 5.16 Å². The molecule has 0 radical (unpaired) electrons. The average Bonchev–Trinajstić information content (AvgIpc) is 3.03. The first-order chi connectivity index (χ1) is 12.6. The predicted octanol–water partition coefficient (Wildman–Crippen LogP) is 4.65. The third-order valence-corrected chi connectivity index (χ3v) is 3.87. The fourth-order valence-electron chi connectivity index (χ4n) is 2.26. The van der Waals surface area contributed by atoms with Crippen LogP contribution in [0.1, 0.15) is 21.6 Å². The maximum Gasteiger partial charge on any atom is 0.263 e. The van der Waals surface area contributed by atoms with Crippen LogP contribution in [0.15, 0.2) is 58.0 Å². The van der Waals surface area contributed by atoms with Crippen molar-refractivity contribution in [3.8, 4) is 5.75 Å². The van der Waals surface area contributed by atoms with E-state index in [0.29, 0.717) is 16.4 Å². The molecule has 3 aromatic rings. The Morgan fingerprint density at radius 1 is 1.19 bits per heavy atom. The van der Waals surface area contributed by atoms with E-state index in [-0.39, 0.29) is 17.4 Å². The molecule has 1 N–H and O–H groups in total. The molecule has 1 amide bonds. The minimum atomic E-state index is -0.354. The molecule has 0 unspecified atom stereocenters. The molecule has 0 saturated heterocycles. The highest BCUT2D eigenvalue weighted by molar-refractivity contribution is 6.30. The average molecular weight is 370 g/mol. The molecule has 0 aliphatic carbocycles. The zero-order valence-corrected chi connectivity index (χ0v) is 14.9. The van der Waals surface area contributed by atoms with Crippen molar-refractivity contribution in [3.05, 3.63) is 70.4 Å². The summed E-state index contributed by atoms with van der Waals surface area (Å²) in [5.41, 5.74) is 2.19. The van der Waals surface area contributed by atoms with Gasteiger partial charge >= 0.3 is 0 Å². The van der Waals surface area contributed by atoms with Crippen LogP contribution in [0, 0.1) is 6.92 Å². The zero-order chi connectivity index (χ0) is 18.5.